The predicted molar refractivity (Wildman–Crippen MR) is 74.7 cm³/mol. The van der Waals surface area contributed by atoms with Gasteiger partial charge in [0.15, 0.2) is 0 Å². The Bertz CT molecular complexity index is 527. The fourth-order valence-electron chi connectivity index (χ4n) is 2.02. The number of anilines is 1. The molecule has 1 amide bonds. The molecule has 1 aliphatic heterocycles. The summed E-state index contributed by atoms with van der Waals surface area (Å²) in [5.41, 5.74) is 0.961. The van der Waals surface area contributed by atoms with Gasteiger partial charge in [0.05, 0.1) is 23.4 Å². The molecule has 100 valence electrons. The maximum absolute atomic E-state index is 12.1. The predicted octanol–water partition coefficient (Wildman–Crippen LogP) is 1.64. The molecule has 0 radical (unpaired) electrons. The molecule has 2 atom stereocenters. The highest BCUT2D eigenvalue weighted by Gasteiger charge is 2.29. The van der Waals surface area contributed by atoms with Crippen LogP contribution in [-0.4, -0.2) is 31.7 Å². The lowest BCUT2D eigenvalue weighted by atomic mass is 10.1. The Labute approximate surface area is 120 Å². The Morgan fingerprint density at radius 3 is 3.05 bits per heavy atom. The maximum Gasteiger partial charge on any atom is 0.241 e. The summed E-state index contributed by atoms with van der Waals surface area (Å²) in [6, 6.07) is 6.96. The SMILES string of the molecule is COC1CNC(C(=O)Nc2ccc(Br)cc2C#N)C1. The van der Waals surface area contributed by atoms with Gasteiger partial charge in [0.1, 0.15) is 6.07 Å². The number of hydrogen-bond donors (Lipinski definition) is 2. The van der Waals surface area contributed by atoms with Crippen molar-refractivity contribution in [3.63, 3.8) is 0 Å². The van der Waals surface area contributed by atoms with Crippen LogP contribution in [-0.2, 0) is 9.53 Å². The van der Waals surface area contributed by atoms with Crippen molar-refractivity contribution in [3.05, 3.63) is 28.2 Å². The molecule has 2 unspecified atom stereocenters. The molecule has 1 aromatic carbocycles. The highest BCUT2D eigenvalue weighted by atomic mass is 79.9. The van der Waals surface area contributed by atoms with Crippen molar-refractivity contribution >= 4 is 27.5 Å². The smallest absolute Gasteiger partial charge is 0.241 e. The Morgan fingerprint density at radius 1 is 1.63 bits per heavy atom. The zero-order chi connectivity index (χ0) is 13.8. The molecule has 0 bridgehead atoms. The summed E-state index contributed by atoms with van der Waals surface area (Å²) in [5, 5.41) is 14.9. The molecule has 1 aromatic rings. The number of ether oxygens (including phenoxy) is 1. The molecule has 1 saturated heterocycles. The van der Waals surface area contributed by atoms with Gasteiger partial charge in [-0.1, -0.05) is 15.9 Å². The number of rotatable bonds is 3. The number of methoxy groups -OCH3 is 1. The van der Waals surface area contributed by atoms with Crippen molar-refractivity contribution in [2.45, 2.75) is 18.6 Å². The van der Waals surface area contributed by atoms with Crippen molar-refractivity contribution in [2.24, 2.45) is 0 Å². The molecule has 19 heavy (non-hydrogen) atoms. The molecule has 0 aliphatic carbocycles. The molecule has 2 rings (SSSR count). The molecule has 1 heterocycles. The minimum atomic E-state index is -0.278. The van der Waals surface area contributed by atoms with Crippen LogP contribution in [0.5, 0.6) is 0 Å². The Kier molecular flexibility index (Phi) is 4.53. The molecule has 0 saturated carbocycles. The molecule has 5 nitrogen and oxygen atoms in total. The fourth-order valence-corrected chi connectivity index (χ4v) is 2.38. The van der Waals surface area contributed by atoms with Crippen LogP contribution in [0.1, 0.15) is 12.0 Å². The third kappa shape index (κ3) is 3.32. The highest BCUT2D eigenvalue weighted by molar-refractivity contribution is 9.10. The molecule has 1 fully saturated rings. The Morgan fingerprint density at radius 2 is 2.42 bits per heavy atom. The van der Waals surface area contributed by atoms with Crippen LogP contribution >= 0.6 is 15.9 Å². The van der Waals surface area contributed by atoms with E-state index in [4.69, 9.17) is 10.00 Å². The monoisotopic (exact) mass is 323 g/mol. The van der Waals surface area contributed by atoms with E-state index in [1.54, 1.807) is 25.3 Å². The number of hydrogen-bond acceptors (Lipinski definition) is 4. The molecule has 0 spiro atoms. The number of nitrogens with zero attached hydrogens (tertiary/aromatic N) is 1. The van der Waals surface area contributed by atoms with E-state index in [0.717, 1.165) is 4.47 Å². The van der Waals surface area contributed by atoms with E-state index in [9.17, 15) is 4.79 Å². The number of carbonyl (C=O) groups excluding carboxylic acids is 1. The summed E-state index contributed by atoms with van der Waals surface area (Å²) < 4.78 is 6.01. The number of halogens is 1. The third-order valence-electron chi connectivity index (χ3n) is 3.10. The van der Waals surface area contributed by atoms with Gasteiger partial charge in [-0.3, -0.25) is 4.79 Å². The quantitative estimate of drug-likeness (QED) is 0.886. The van der Waals surface area contributed by atoms with Gasteiger partial charge in [0, 0.05) is 18.1 Å². The summed E-state index contributed by atoms with van der Waals surface area (Å²) in [7, 11) is 1.63. The van der Waals surface area contributed by atoms with Gasteiger partial charge in [-0.15, -0.1) is 0 Å². The van der Waals surface area contributed by atoms with E-state index in [1.165, 1.54) is 0 Å². The van der Waals surface area contributed by atoms with Gasteiger partial charge >= 0.3 is 0 Å². The van der Waals surface area contributed by atoms with E-state index in [2.05, 4.69) is 32.6 Å². The molecule has 2 N–H and O–H groups in total. The first-order valence-electron chi connectivity index (χ1n) is 5.90. The van der Waals surface area contributed by atoms with Crippen LogP contribution in [0.4, 0.5) is 5.69 Å². The lowest BCUT2D eigenvalue weighted by Crippen LogP contribution is -2.35. The van der Waals surface area contributed by atoms with E-state index in [-0.39, 0.29) is 18.1 Å². The van der Waals surface area contributed by atoms with Crippen molar-refractivity contribution in [3.8, 4) is 6.07 Å². The van der Waals surface area contributed by atoms with Crippen molar-refractivity contribution in [2.75, 3.05) is 19.0 Å². The number of nitriles is 1. The second-order valence-corrected chi connectivity index (χ2v) is 5.26. The normalized spacial score (nSPS) is 21.9. The average molecular weight is 324 g/mol. The summed E-state index contributed by atoms with van der Waals surface area (Å²) >= 11 is 3.29. The lowest BCUT2D eigenvalue weighted by molar-refractivity contribution is -0.118. The van der Waals surface area contributed by atoms with Crippen LogP contribution in [0.25, 0.3) is 0 Å². The summed E-state index contributed by atoms with van der Waals surface area (Å²) in [6.45, 7) is 0.667. The lowest BCUT2D eigenvalue weighted by Gasteiger charge is -2.12. The first-order chi connectivity index (χ1) is 9.13. The van der Waals surface area contributed by atoms with Crippen molar-refractivity contribution in [1.29, 1.82) is 5.26 Å². The molecule has 0 aromatic heterocycles. The first kappa shape index (κ1) is 14.0. The van der Waals surface area contributed by atoms with Gasteiger partial charge in [-0.2, -0.15) is 5.26 Å². The van der Waals surface area contributed by atoms with Crippen LogP contribution in [0, 0.1) is 11.3 Å². The molecule has 1 aliphatic rings. The van der Waals surface area contributed by atoms with Gasteiger partial charge in [0.25, 0.3) is 0 Å². The van der Waals surface area contributed by atoms with Crippen LogP contribution in [0.3, 0.4) is 0 Å². The Hall–Kier alpha value is -1.42. The van der Waals surface area contributed by atoms with E-state index < -0.39 is 0 Å². The Balaban J connectivity index is 2.06. The average Bonchev–Trinajstić information content (AvgIpc) is 2.89. The molecular weight excluding hydrogens is 310 g/mol. The number of amides is 1. The van der Waals surface area contributed by atoms with E-state index in [1.807, 2.05) is 0 Å². The zero-order valence-corrected chi connectivity index (χ0v) is 12.0. The van der Waals surface area contributed by atoms with Crippen molar-refractivity contribution in [1.82, 2.24) is 5.32 Å². The standard InChI is InChI=1S/C13H14BrN3O2/c1-19-10-5-12(16-7-10)13(18)17-11-3-2-9(14)4-8(11)6-15/h2-4,10,12,16H,5,7H2,1H3,(H,17,18). The fraction of sp³-hybridized carbons (Fsp3) is 0.385. The van der Waals surface area contributed by atoms with Crippen LogP contribution in [0.2, 0.25) is 0 Å². The zero-order valence-electron chi connectivity index (χ0n) is 10.4. The van der Waals surface area contributed by atoms with Gasteiger partial charge in [0.2, 0.25) is 5.91 Å². The van der Waals surface area contributed by atoms with Gasteiger partial charge in [-0.25, -0.2) is 0 Å². The minimum Gasteiger partial charge on any atom is -0.380 e. The second kappa shape index (κ2) is 6.15. The first-order valence-corrected chi connectivity index (χ1v) is 6.70. The maximum atomic E-state index is 12.1. The largest absolute Gasteiger partial charge is 0.380 e. The van der Waals surface area contributed by atoms with Crippen LogP contribution < -0.4 is 10.6 Å². The third-order valence-corrected chi connectivity index (χ3v) is 3.59. The van der Waals surface area contributed by atoms with Crippen LogP contribution in [0.15, 0.2) is 22.7 Å². The van der Waals surface area contributed by atoms with Gasteiger partial charge in [-0.05, 0) is 24.6 Å². The highest BCUT2D eigenvalue weighted by Crippen LogP contribution is 2.21. The van der Waals surface area contributed by atoms with E-state index in [0.29, 0.717) is 24.2 Å². The minimum absolute atomic E-state index is 0.0658. The van der Waals surface area contributed by atoms with E-state index >= 15 is 0 Å². The summed E-state index contributed by atoms with van der Waals surface area (Å²) in [4.78, 5) is 12.1. The topological polar surface area (TPSA) is 74.2 Å². The molecular formula is C13H14BrN3O2. The number of nitrogens with one attached hydrogen (secondary N) is 2. The van der Waals surface area contributed by atoms with Gasteiger partial charge < -0.3 is 15.4 Å². The summed E-state index contributed by atoms with van der Waals surface area (Å²) in [5.74, 6) is -0.140. The number of carbonyl (C=O) groups is 1. The summed E-state index contributed by atoms with van der Waals surface area (Å²) in [6.07, 6.45) is 0.705. The molecule has 6 heteroatoms. The van der Waals surface area contributed by atoms with Crippen molar-refractivity contribution < 1.29 is 9.53 Å². The number of benzene rings is 1. The second-order valence-electron chi connectivity index (χ2n) is 4.35.